The molecule has 1 aliphatic carbocycles. The van der Waals surface area contributed by atoms with Gasteiger partial charge in [-0.1, -0.05) is 0 Å². The van der Waals surface area contributed by atoms with Crippen molar-refractivity contribution in [3.8, 4) is 0 Å². The van der Waals surface area contributed by atoms with E-state index in [4.69, 9.17) is 4.74 Å². The third-order valence-corrected chi connectivity index (χ3v) is 6.21. The topological polar surface area (TPSA) is 70.2 Å². The van der Waals surface area contributed by atoms with Gasteiger partial charge in [-0.2, -0.15) is 13.2 Å². The van der Waals surface area contributed by atoms with E-state index in [1.807, 2.05) is 0 Å². The zero-order chi connectivity index (χ0) is 24.3. The van der Waals surface area contributed by atoms with E-state index in [2.05, 4.69) is 15.3 Å². The molecular weight excluding hydrogens is 466 g/mol. The van der Waals surface area contributed by atoms with Crippen molar-refractivity contribution in [3.05, 3.63) is 53.6 Å². The molecule has 2 fully saturated rings. The summed E-state index contributed by atoms with van der Waals surface area (Å²) in [5, 5.41) is 2.77. The highest BCUT2D eigenvalue weighted by Crippen LogP contribution is 2.51. The summed E-state index contributed by atoms with van der Waals surface area (Å²) in [6.07, 6.45) is -1.32. The summed E-state index contributed by atoms with van der Waals surface area (Å²) >= 11 is 0. The van der Waals surface area contributed by atoms with Crippen LogP contribution in [0.2, 0.25) is 0 Å². The van der Waals surface area contributed by atoms with E-state index in [0.29, 0.717) is 25.9 Å². The first-order valence-corrected chi connectivity index (χ1v) is 10.4. The number of carbonyl (C=O) groups is 1. The number of H-pyrrole nitrogens is 1. The standard InChI is InChI=1S/C22H18F6N4O2/c23-14-2-13-17(3-15(14)24)29-7-18(13)31-20(33)11-1-16(25)19(30-6-11)32-8-21(9-32)4-12(5-21)34-10-22(26,27)28/h1-3,6-7,12,29H,4-5,8-10H2,(H,31,33). The molecule has 1 saturated heterocycles. The Morgan fingerprint density at radius 3 is 2.53 bits per heavy atom. The van der Waals surface area contributed by atoms with Crippen LogP contribution in [0.25, 0.3) is 10.9 Å². The second-order valence-electron chi connectivity index (χ2n) is 8.81. The zero-order valence-electron chi connectivity index (χ0n) is 17.5. The Hall–Kier alpha value is -3.28. The first kappa shape index (κ1) is 22.5. The molecule has 12 heteroatoms. The predicted octanol–water partition coefficient (Wildman–Crippen LogP) is 4.78. The fourth-order valence-corrected chi connectivity index (χ4v) is 4.61. The number of carbonyl (C=O) groups excluding carboxylic acids is 1. The molecule has 0 radical (unpaired) electrons. The Balaban J connectivity index is 1.20. The molecule has 2 aliphatic rings. The fourth-order valence-electron chi connectivity index (χ4n) is 4.61. The molecule has 1 aromatic carbocycles. The van der Waals surface area contributed by atoms with Gasteiger partial charge in [0.2, 0.25) is 0 Å². The average Bonchev–Trinajstić information content (AvgIpc) is 3.07. The van der Waals surface area contributed by atoms with E-state index in [1.165, 1.54) is 12.4 Å². The number of nitrogens with zero attached hydrogens (tertiary/aromatic N) is 2. The fraction of sp³-hybridized carbons (Fsp3) is 0.364. The molecular formula is C22H18F6N4O2. The number of hydrogen-bond acceptors (Lipinski definition) is 4. The van der Waals surface area contributed by atoms with E-state index >= 15 is 0 Å². The van der Waals surface area contributed by atoms with Gasteiger partial charge in [0.25, 0.3) is 5.91 Å². The number of aromatic nitrogens is 2. The van der Waals surface area contributed by atoms with Gasteiger partial charge < -0.3 is 19.9 Å². The van der Waals surface area contributed by atoms with Crippen LogP contribution in [0, 0.1) is 22.9 Å². The number of nitrogens with one attached hydrogen (secondary N) is 2. The number of fused-ring (bicyclic) bond motifs is 1. The van der Waals surface area contributed by atoms with Crippen molar-refractivity contribution in [2.45, 2.75) is 25.1 Å². The van der Waals surface area contributed by atoms with Crippen LogP contribution in [0.1, 0.15) is 23.2 Å². The molecule has 1 saturated carbocycles. The van der Waals surface area contributed by atoms with Crippen molar-refractivity contribution in [1.82, 2.24) is 9.97 Å². The minimum absolute atomic E-state index is 0.0477. The highest BCUT2D eigenvalue weighted by molar-refractivity contribution is 6.08. The van der Waals surface area contributed by atoms with E-state index < -0.39 is 42.2 Å². The van der Waals surface area contributed by atoms with Crippen LogP contribution in [0.3, 0.4) is 0 Å². The maximum absolute atomic E-state index is 14.7. The summed E-state index contributed by atoms with van der Waals surface area (Å²) < 4.78 is 83.2. The molecule has 3 heterocycles. The largest absolute Gasteiger partial charge is 0.411 e. The van der Waals surface area contributed by atoms with Crippen LogP contribution >= 0.6 is 0 Å². The Morgan fingerprint density at radius 1 is 1.15 bits per heavy atom. The molecule has 2 aromatic heterocycles. The monoisotopic (exact) mass is 484 g/mol. The third kappa shape index (κ3) is 4.17. The molecule has 1 aliphatic heterocycles. The zero-order valence-corrected chi connectivity index (χ0v) is 17.5. The molecule has 2 N–H and O–H groups in total. The van der Waals surface area contributed by atoms with Gasteiger partial charge in [-0.05, 0) is 25.0 Å². The molecule has 6 nitrogen and oxygen atoms in total. The van der Waals surface area contributed by atoms with E-state index in [-0.39, 0.29) is 33.4 Å². The van der Waals surface area contributed by atoms with Crippen LogP contribution in [0.15, 0.2) is 30.6 Å². The molecule has 34 heavy (non-hydrogen) atoms. The van der Waals surface area contributed by atoms with Crippen molar-refractivity contribution in [3.63, 3.8) is 0 Å². The van der Waals surface area contributed by atoms with Crippen LogP contribution in [-0.2, 0) is 4.74 Å². The van der Waals surface area contributed by atoms with Gasteiger partial charge in [-0.3, -0.25) is 4.79 Å². The van der Waals surface area contributed by atoms with Crippen molar-refractivity contribution >= 4 is 28.3 Å². The lowest BCUT2D eigenvalue weighted by atomic mass is 9.61. The lowest BCUT2D eigenvalue weighted by molar-refractivity contribution is -0.207. The summed E-state index contributed by atoms with van der Waals surface area (Å²) in [7, 11) is 0. The molecule has 1 spiro atoms. The number of pyridine rings is 1. The molecule has 0 unspecified atom stereocenters. The van der Waals surface area contributed by atoms with Crippen LogP contribution in [0.5, 0.6) is 0 Å². The lowest BCUT2D eigenvalue weighted by Crippen LogP contribution is -2.64. The van der Waals surface area contributed by atoms with E-state index in [1.54, 1.807) is 4.90 Å². The Bertz CT molecular complexity index is 1260. The SMILES string of the molecule is O=C(Nc1c[nH]c2cc(F)c(F)cc12)c1cnc(N2CC3(CC(OCC(F)(F)F)C3)C2)c(F)c1. The van der Waals surface area contributed by atoms with Crippen molar-refractivity contribution < 1.29 is 35.9 Å². The quantitative estimate of drug-likeness (QED) is 0.512. The van der Waals surface area contributed by atoms with Gasteiger partial charge in [0, 0.05) is 42.4 Å². The molecule has 5 rings (SSSR count). The molecule has 3 aromatic rings. The van der Waals surface area contributed by atoms with Gasteiger partial charge in [0.05, 0.1) is 22.9 Å². The summed E-state index contributed by atoms with van der Waals surface area (Å²) in [4.78, 5) is 21.0. The molecule has 0 bridgehead atoms. The Morgan fingerprint density at radius 2 is 1.85 bits per heavy atom. The van der Waals surface area contributed by atoms with Crippen molar-refractivity contribution in [1.29, 1.82) is 0 Å². The number of ether oxygens (including phenoxy) is 1. The minimum Gasteiger partial charge on any atom is -0.369 e. The minimum atomic E-state index is -4.36. The normalized spacial score (nSPS) is 17.6. The highest BCUT2D eigenvalue weighted by atomic mass is 19.4. The second kappa shape index (κ2) is 7.90. The number of benzene rings is 1. The van der Waals surface area contributed by atoms with Crippen LogP contribution in [0.4, 0.5) is 37.8 Å². The number of alkyl halides is 3. The average molecular weight is 484 g/mol. The predicted molar refractivity (Wildman–Crippen MR) is 110 cm³/mol. The smallest absolute Gasteiger partial charge is 0.369 e. The number of amides is 1. The highest BCUT2D eigenvalue weighted by Gasteiger charge is 2.54. The first-order valence-electron chi connectivity index (χ1n) is 10.4. The van der Waals surface area contributed by atoms with Gasteiger partial charge in [-0.15, -0.1) is 0 Å². The summed E-state index contributed by atoms with van der Waals surface area (Å²) in [5.74, 6) is -3.47. The Kier molecular flexibility index (Phi) is 5.23. The maximum atomic E-state index is 14.7. The van der Waals surface area contributed by atoms with Crippen LogP contribution in [-0.4, -0.2) is 47.9 Å². The number of aromatic amines is 1. The number of hydrogen-bond donors (Lipinski definition) is 2. The Labute approximate surface area is 188 Å². The van der Waals surface area contributed by atoms with E-state index in [0.717, 1.165) is 18.2 Å². The lowest BCUT2D eigenvalue weighted by Gasteiger charge is -2.59. The summed E-state index contributed by atoms with van der Waals surface area (Å²) in [5.41, 5.74) is 0.200. The van der Waals surface area contributed by atoms with Gasteiger partial charge in [-0.25, -0.2) is 18.2 Å². The van der Waals surface area contributed by atoms with Gasteiger partial charge >= 0.3 is 6.18 Å². The van der Waals surface area contributed by atoms with Crippen molar-refractivity contribution in [2.24, 2.45) is 5.41 Å². The van der Waals surface area contributed by atoms with Gasteiger partial charge in [0.15, 0.2) is 23.3 Å². The first-order chi connectivity index (χ1) is 16.0. The number of rotatable bonds is 5. The number of anilines is 2. The summed E-state index contributed by atoms with van der Waals surface area (Å²) in [6.45, 7) is -0.404. The van der Waals surface area contributed by atoms with E-state index in [9.17, 15) is 31.1 Å². The second-order valence-corrected chi connectivity index (χ2v) is 8.81. The van der Waals surface area contributed by atoms with Gasteiger partial charge in [0.1, 0.15) is 6.61 Å². The molecule has 180 valence electrons. The third-order valence-electron chi connectivity index (χ3n) is 6.21. The number of halogens is 6. The summed E-state index contributed by atoms with van der Waals surface area (Å²) in [6, 6.07) is 2.92. The molecule has 0 atom stereocenters. The molecule has 1 amide bonds. The van der Waals surface area contributed by atoms with Crippen LogP contribution < -0.4 is 10.2 Å². The maximum Gasteiger partial charge on any atom is 0.411 e. The van der Waals surface area contributed by atoms with Crippen molar-refractivity contribution in [2.75, 3.05) is 29.9 Å².